The Hall–Kier alpha value is -2.47. The zero-order valence-electron chi connectivity index (χ0n) is 9.72. The molecule has 0 fully saturated rings. The first kappa shape index (κ1) is 11.6. The monoisotopic (exact) mass is 271 g/mol. The number of rotatable bonds is 3. The minimum absolute atomic E-state index is 0.0625. The van der Waals surface area contributed by atoms with E-state index >= 15 is 0 Å². The van der Waals surface area contributed by atoms with E-state index in [1.54, 1.807) is 10.9 Å². The van der Waals surface area contributed by atoms with Crippen LogP contribution >= 0.6 is 11.3 Å². The van der Waals surface area contributed by atoms with E-state index in [1.165, 1.54) is 16.7 Å². The molecule has 0 atom stereocenters. The molecule has 0 saturated carbocycles. The molecule has 1 N–H and O–H groups in total. The summed E-state index contributed by atoms with van der Waals surface area (Å²) in [4.78, 5) is 14.8. The molecule has 5 nitrogen and oxygen atoms in total. The molecule has 0 unspecified atom stereocenters. The Morgan fingerprint density at radius 2 is 2.05 bits per heavy atom. The van der Waals surface area contributed by atoms with Gasteiger partial charge in [-0.05, 0) is 12.1 Å². The molecule has 6 heteroatoms. The Morgan fingerprint density at radius 1 is 1.26 bits per heavy atom. The molecule has 0 aliphatic heterocycles. The van der Waals surface area contributed by atoms with Crippen LogP contribution in [0.15, 0.2) is 48.1 Å². The molecule has 0 aliphatic rings. The van der Waals surface area contributed by atoms with Gasteiger partial charge in [-0.1, -0.05) is 18.2 Å². The van der Waals surface area contributed by atoms with Gasteiger partial charge in [0.25, 0.3) is 0 Å². The molecule has 0 aliphatic carbocycles. The first-order valence-electron chi connectivity index (χ1n) is 5.53. The van der Waals surface area contributed by atoms with E-state index in [0.717, 1.165) is 11.3 Å². The number of benzene rings is 1. The number of aromatic nitrogens is 3. The Bertz CT molecular complexity index is 718. The second-order valence-corrected chi connectivity index (χ2v) is 4.71. The molecule has 19 heavy (non-hydrogen) atoms. The van der Waals surface area contributed by atoms with Crippen LogP contribution in [0, 0.1) is 0 Å². The fourth-order valence-corrected chi connectivity index (χ4v) is 2.43. The average Bonchev–Trinajstić information content (AvgIpc) is 3.09. The van der Waals surface area contributed by atoms with Crippen molar-refractivity contribution in [3.8, 4) is 16.3 Å². The first-order valence-corrected chi connectivity index (χ1v) is 6.41. The van der Waals surface area contributed by atoms with Crippen molar-refractivity contribution in [3.63, 3.8) is 0 Å². The quantitative estimate of drug-likeness (QED) is 0.795. The summed E-state index contributed by atoms with van der Waals surface area (Å²) in [6.45, 7) is 0. The maximum atomic E-state index is 10.8. The van der Waals surface area contributed by atoms with Crippen molar-refractivity contribution >= 4 is 17.3 Å². The third-order valence-electron chi connectivity index (χ3n) is 2.57. The molecular formula is C13H9N3O2S. The van der Waals surface area contributed by atoms with Gasteiger partial charge in [0.1, 0.15) is 5.01 Å². The summed E-state index contributed by atoms with van der Waals surface area (Å²) in [7, 11) is 0. The van der Waals surface area contributed by atoms with Crippen LogP contribution in [0.1, 0.15) is 10.5 Å². The number of hydrogen-bond acceptors (Lipinski definition) is 4. The van der Waals surface area contributed by atoms with Crippen molar-refractivity contribution in [1.82, 2.24) is 14.8 Å². The molecule has 94 valence electrons. The highest BCUT2D eigenvalue weighted by Gasteiger charge is 2.11. The van der Waals surface area contributed by atoms with Crippen LogP contribution in [0.2, 0.25) is 0 Å². The molecule has 0 saturated heterocycles. The lowest BCUT2D eigenvalue weighted by Crippen LogP contribution is -1.95. The minimum Gasteiger partial charge on any atom is -0.476 e. The molecule has 0 bridgehead atoms. The lowest BCUT2D eigenvalue weighted by Gasteiger charge is -1.98. The van der Waals surface area contributed by atoms with E-state index in [1.807, 2.05) is 36.5 Å². The van der Waals surface area contributed by atoms with E-state index < -0.39 is 5.97 Å². The number of nitrogens with zero attached hydrogens (tertiary/aromatic N) is 3. The largest absolute Gasteiger partial charge is 0.476 e. The zero-order valence-corrected chi connectivity index (χ0v) is 10.5. The normalized spacial score (nSPS) is 10.5. The van der Waals surface area contributed by atoms with Crippen molar-refractivity contribution in [3.05, 3.63) is 53.8 Å². The van der Waals surface area contributed by atoms with Gasteiger partial charge in [-0.2, -0.15) is 5.10 Å². The van der Waals surface area contributed by atoms with Crippen LogP contribution in [0.4, 0.5) is 0 Å². The van der Waals surface area contributed by atoms with Crippen molar-refractivity contribution in [2.45, 2.75) is 0 Å². The highest BCUT2D eigenvalue weighted by Crippen LogP contribution is 2.24. The predicted octanol–water partition coefficient (Wildman–Crippen LogP) is 2.69. The average molecular weight is 271 g/mol. The Balaban J connectivity index is 1.94. The molecule has 2 heterocycles. The van der Waals surface area contributed by atoms with E-state index in [9.17, 15) is 4.79 Å². The minimum atomic E-state index is -1.02. The summed E-state index contributed by atoms with van der Waals surface area (Å²) in [5.74, 6) is -1.02. The van der Waals surface area contributed by atoms with Gasteiger partial charge in [0.2, 0.25) is 0 Å². The van der Waals surface area contributed by atoms with Gasteiger partial charge in [0.05, 0.1) is 11.9 Å². The molecule has 0 radical (unpaired) electrons. The molecule has 3 rings (SSSR count). The van der Waals surface area contributed by atoms with Gasteiger partial charge < -0.3 is 5.11 Å². The number of carboxylic acids is 1. The van der Waals surface area contributed by atoms with Crippen molar-refractivity contribution in [2.24, 2.45) is 0 Å². The standard InChI is InChI=1S/C13H9N3O2S/c17-13(18)11-8-19-12(15-11)9-6-14-16(7-9)10-4-2-1-3-5-10/h1-8H,(H,17,18). The van der Waals surface area contributed by atoms with Crippen molar-refractivity contribution in [1.29, 1.82) is 0 Å². The van der Waals surface area contributed by atoms with Crippen LogP contribution in [-0.2, 0) is 0 Å². The maximum Gasteiger partial charge on any atom is 0.355 e. The van der Waals surface area contributed by atoms with Gasteiger partial charge >= 0.3 is 5.97 Å². The van der Waals surface area contributed by atoms with Gasteiger partial charge in [-0.3, -0.25) is 0 Å². The molecule has 0 spiro atoms. The fourth-order valence-electron chi connectivity index (χ4n) is 1.66. The van der Waals surface area contributed by atoms with E-state index in [2.05, 4.69) is 10.1 Å². The van der Waals surface area contributed by atoms with Crippen LogP contribution in [0.5, 0.6) is 0 Å². The van der Waals surface area contributed by atoms with E-state index in [4.69, 9.17) is 5.11 Å². The number of para-hydroxylation sites is 1. The zero-order chi connectivity index (χ0) is 13.2. The molecule has 1 aromatic carbocycles. The van der Waals surface area contributed by atoms with Crippen LogP contribution in [0.3, 0.4) is 0 Å². The van der Waals surface area contributed by atoms with E-state index in [-0.39, 0.29) is 5.69 Å². The Morgan fingerprint density at radius 3 is 2.74 bits per heavy atom. The first-order chi connectivity index (χ1) is 9.24. The number of carbonyl (C=O) groups is 1. The lowest BCUT2D eigenvalue weighted by molar-refractivity contribution is 0.0691. The summed E-state index contributed by atoms with van der Waals surface area (Å²) in [5, 5.41) is 15.3. The number of carboxylic acid groups (broad SMARTS) is 1. The number of aromatic carboxylic acids is 1. The van der Waals surface area contributed by atoms with Crippen molar-refractivity contribution < 1.29 is 9.90 Å². The van der Waals surface area contributed by atoms with Gasteiger partial charge in [-0.15, -0.1) is 11.3 Å². The van der Waals surface area contributed by atoms with E-state index in [0.29, 0.717) is 5.01 Å². The Labute approximate surface area is 112 Å². The predicted molar refractivity (Wildman–Crippen MR) is 71.6 cm³/mol. The summed E-state index contributed by atoms with van der Waals surface area (Å²) < 4.78 is 1.73. The fraction of sp³-hybridized carbons (Fsp3) is 0. The molecule has 0 amide bonds. The summed E-state index contributed by atoms with van der Waals surface area (Å²) >= 11 is 1.29. The lowest BCUT2D eigenvalue weighted by atomic mass is 10.3. The number of thiazole rings is 1. The second kappa shape index (κ2) is 4.66. The topological polar surface area (TPSA) is 68.0 Å². The highest BCUT2D eigenvalue weighted by atomic mass is 32.1. The van der Waals surface area contributed by atoms with Crippen molar-refractivity contribution in [2.75, 3.05) is 0 Å². The summed E-state index contributed by atoms with van der Waals surface area (Å²) in [6.07, 6.45) is 3.51. The molecule has 3 aromatic rings. The summed E-state index contributed by atoms with van der Waals surface area (Å²) in [6, 6.07) is 9.70. The second-order valence-electron chi connectivity index (χ2n) is 3.85. The van der Waals surface area contributed by atoms with Gasteiger partial charge in [0.15, 0.2) is 5.69 Å². The Kier molecular flexibility index (Phi) is 2.85. The van der Waals surface area contributed by atoms with Crippen LogP contribution in [0.25, 0.3) is 16.3 Å². The highest BCUT2D eigenvalue weighted by molar-refractivity contribution is 7.13. The SMILES string of the molecule is O=C(O)c1csc(-c2cnn(-c3ccccc3)c2)n1. The van der Waals surface area contributed by atoms with Gasteiger partial charge in [-0.25, -0.2) is 14.5 Å². The molecule has 2 aromatic heterocycles. The third-order valence-corrected chi connectivity index (χ3v) is 3.46. The summed E-state index contributed by atoms with van der Waals surface area (Å²) in [5.41, 5.74) is 1.82. The van der Waals surface area contributed by atoms with Crippen LogP contribution < -0.4 is 0 Å². The maximum absolute atomic E-state index is 10.8. The number of hydrogen-bond donors (Lipinski definition) is 1. The third kappa shape index (κ3) is 2.25. The molecular weight excluding hydrogens is 262 g/mol. The smallest absolute Gasteiger partial charge is 0.355 e. The van der Waals surface area contributed by atoms with Crippen LogP contribution in [-0.4, -0.2) is 25.8 Å². The van der Waals surface area contributed by atoms with Gasteiger partial charge in [0, 0.05) is 17.1 Å².